The van der Waals surface area contributed by atoms with E-state index in [2.05, 4.69) is 5.32 Å². The molecule has 2 aromatic carbocycles. The van der Waals surface area contributed by atoms with Crippen molar-refractivity contribution in [2.75, 3.05) is 18.5 Å². The summed E-state index contributed by atoms with van der Waals surface area (Å²) in [5, 5.41) is 12.7. The molecule has 0 saturated carbocycles. The first-order valence-corrected chi connectivity index (χ1v) is 7.67. The Morgan fingerprint density at radius 1 is 1.21 bits per heavy atom. The quantitative estimate of drug-likeness (QED) is 0.898. The van der Waals surface area contributed by atoms with Gasteiger partial charge in [0, 0.05) is 11.3 Å². The van der Waals surface area contributed by atoms with E-state index in [1.54, 1.807) is 30.3 Å². The summed E-state index contributed by atoms with van der Waals surface area (Å²) in [7, 11) is 0. The summed E-state index contributed by atoms with van der Waals surface area (Å²) < 4.78 is 15.9. The van der Waals surface area contributed by atoms with Gasteiger partial charge in [-0.25, -0.2) is 4.79 Å². The number of aryl methyl sites for hydroxylation is 1. The van der Waals surface area contributed by atoms with Crippen LogP contribution in [0.2, 0.25) is 0 Å². The molecule has 1 heterocycles. The maximum absolute atomic E-state index is 11.8. The third-order valence-electron chi connectivity index (χ3n) is 3.64. The van der Waals surface area contributed by atoms with E-state index in [4.69, 9.17) is 14.2 Å². The van der Waals surface area contributed by atoms with Crippen molar-refractivity contribution < 1.29 is 24.1 Å². The van der Waals surface area contributed by atoms with Crippen LogP contribution in [-0.4, -0.2) is 24.4 Å². The molecular weight excluding hydrogens is 310 g/mol. The number of hydrogen-bond acceptors (Lipinski definition) is 5. The lowest BCUT2D eigenvalue weighted by Crippen LogP contribution is -2.13. The Bertz CT molecular complexity index is 708. The zero-order chi connectivity index (χ0) is 16.9. The minimum Gasteiger partial charge on any atom is -0.507 e. The molecule has 6 nitrogen and oxygen atoms in total. The van der Waals surface area contributed by atoms with Crippen molar-refractivity contribution in [3.8, 4) is 5.75 Å². The number of nitrogens with one attached hydrogen (secondary N) is 1. The average molecular weight is 329 g/mol. The van der Waals surface area contributed by atoms with E-state index in [0.29, 0.717) is 30.0 Å². The van der Waals surface area contributed by atoms with Gasteiger partial charge in [-0.1, -0.05) is 23.8 Å². The highest BCUT2D eigenvalue weighted by atomic mass is 16.7. The lowest BCUT2D eigenvalue weighted by atomic mass is 10.1. The molecule has 0 atom stereocenters. The average Bonchev–Trinajstić information content (AvgIpc) is 3.09. The smallest absolute Gasteiger partial charge is 0.411 e. The van der Waals surface area contributed by atoms with Crippen LogP contribution in [0.3, 0.4) is 0 Å². The zero-order valence-electron chi connectivity index (χ0n) is 13.3. The zero-order valence-corrected chi connectivity index (χ0v) is 13.3. The lowest BCUT2D eigenvalue weighted by molar-refractivity contribution is -0.0454. The second-order valence-electron chi connectivity index (χ2n) is 5.53. The molecule has 0 aliphatic carbocycles. The largest absolute Gasteiger partial charge is 0.507 e. The fourth-order valence-electron chi connectivity index (χ4n) is 2.36. The second-order valence-corrected chi connectivity index (χ2v) is 5.53. The van der Waals surface area contributed by atoms with Gasteiger partial charge in [-0.2, -0.15) is 0 Å². The van der Waals surface area contributed by atoms with Gasteiger partial charge in [-0.15, -0.1) is 0 Å². The third-order valence-corrected chi connectivity index (χ3v) is 3.64. The molecule has 0 aromatic heterocycles. The van der Waals surface area contributed by atoms with Crippen molar-refractivity contribution in [3.05, 3.63) is 59.2 Å². The topological polar surface area (TPSA) is 77.0 Å². The van der Waals surface area contributed by atoms with E-state index >= 15 is 0 Å². The predicted octanol–water partition coefficient (Wildman–Crippen LogP) is 3.49. The highest BCUT2D eigenvalue weighted by Gasteiger charge is 2.21. The highest BCUT2D eigenvalue weighted by Crippen LogP contribution is 2.31. The fourth-order valence-corrected chi connectivity index (χ4v) is 2.36. The summed E-state index contributed by atoms with van der Waals surface area (Å²) >= 11 is 0. The number of carbonyl (C=O) groups excluding carboxylic acids is 1. The Morgan fingerprint density at radius 3 is 2.58 bits per heavy atom. The third kappa shape index (κ3) is 4.04. The maximum atomic E-state index is 11.8. The van der Waals surface area contributed by atoms with E-state index in [-0.39, 0.29) is 12.4 Å². The summed E-state index contributed by atoms with van der Waals surface area (Å²) in [6.45, 7) is 3.04. The number of ether oxygens (including phenoxy) is 3. The number of rotatable bonds is 4. The van der Waals surface area contributed by atoms with Crippen LogP contribution in [0.4, 0.5) is 10.5 Å². The Labute approximate surface area is 140 Å². The van der Waals surface area contributed by atoms with Gasteiger partial charge in [0.05, 0.1) is 13.2 Å². The normalized spacial score (nSPS) is 14.5. The standard InChI is InChI=1S/C18H19NO5/c1-12-2-5-14(6-3-12)19-18(21)24-11-13-4-7-15(16(20)10-13)17-22-8-9-23-17/h2-7,10,17,20H,8-9,11H2,1H3,(H,19,21). The van der Waals surface area contributed by atoms with E-state index in [1.165, 1.54) is 0 Å². The van der Waals surface area contributed by atoms with Crippen molar-refractivity contribution in [2.45, 2.75) is 19.8 Å². The molecule has 126 valence electrons. The summed E-state index contributed by atoms with van der Waals surface area (Å²) in [5.41, 5.74) is 3.02. The Balaban J connectivity index is 1.55. The molecule has 1 amide bonds. The minimum atomic E-state index is -0.551. The molecule has 2 aromatic rings. The molecule has 1 saturated heterocycles. The van der Waals surface area contributed by atoms with Crippen LogP contribution in [0.5, 0.6) is 5.75 Å². The summed E-state index contributed by atoms with van der Waals surface area (Å²) in [6.07, 6.45) is -1.09. The van der Waals surface area contributed by atoms with Crippen LogP contribution in [0.15, 0.2) is 42.5 Å². The van der Waals surface area contributed by atoms with Crippen molar-refractivity contribution >= 4 is 11.8 Å². The summed E-state index contributed by atoms with van der Waals surface area (Å²) in [4.78, 5) is 11.8. The minimum absolute atomic E-state index is 0.0535. The predicted molar refractivity (Wildman–Crippen MR) is 87.7 cm³/mol. The van der Waals surface area contributed by atoms with Gasteiger partial charge < -0.3 is 19.3 Å². The van der Waals surface area contributed by atoms with Crippen molar-refractivity contribution in [3.63, 3.8) is 0 Å². The molecule has 1 aliphatic heterocycles. The van der Waals surface area contributed by atoms with Crippen LogP contribution in [-0.2, 0) is 20.8 Å². The molecule has 0 bridgehead atoms. The summed E-state index contributed by atoms with van der Waals surface area (Å²) in [5.74, 6) is 0.0574. The molecule has 1 fully saturated rings. The number of phenolic OH excluding ortho intramolecular Hbond substituents is 1. The maximum Gasteiger partial charge on any atom is 0.411 e. The van der Waals surface area contributed by atoms with Crippen LogP contribution in [0.1, 0.15) is 23.0 Å². The van der Waals surface area contributed by atoms with Crippen LogP contribution in [0.25, 0.3) is 0 Å². The number of hydrogen-bond donors (Lipinski definition) is 2. The molecule has 1 aliphatic rings. The van der Waals surface area contributed by atoms with Gasteiger partial charge in [0.15, 0.2) is 6.29 Å². The fraction of sp³-hybridized carbons (Fsp3) is 0.278. The Morgan fingerprint density at radius 2 is 1.92 bits per heavy atom. The number of phenols is 1. The molecule has 6 heteroatoms. The Hall–Kier alpha value is -2.57. The van der Waals surface area contributed by atoms with Gasteiger partial charge in [0.1, 0.15) is 12.4 Å². The van der Waals surface area contributed by atoms with E-state index < -0.39 is 12.4 Å². The van der Waals surface area contributed by atoms with Crippen molar-refractivity contribution in [1.29, 1.82) is 0 Å². The van der Waals surface area contributed by atoms with Crippen molar-refractivity contribution in [2.24, 2.45) is 0 Å². The van der Waals surface area contributed by atoms with E-state index in [9.17, 15) is 9.90 Å². The van der Waals surface area contributed by atoms with Gasteiger partial charge >= 0.3 is 6.09 Å². The number of amides is 1. The van der Waals surface area contributed by atoms with E-state index in [1.807, 2.05) is 19.1 Å². The van der Waals surface area contributed by atoms with Crippen LogP contribution < -0.4 is 5.32 Å². The van der Waals surface area contributed by atoms with E-state index in [0.717, 1.165) is 5.56 Å². The number of carbonyl (C=O) groups is 1. The second kappa shape index (κ2) is 7.33. The molecule has 0 unspecified atom stereocenters. The monoisotopic (exact) mass is 329 g/mol. The molecule has 3 rings (SSSR count). The first-order chi connectivity index (χ1) is 11.6. The van der Waals surface area contributed by atoms with Crippen molar-refractivity contribution in [1.82, 2.24) is 0 Å². The molecular formula is C18H19NO5. The van der Waals surface area contributed by atoms with Gasteiger partial charge in [-0.3, -0.25) is 5.32 Å². The van der Waals surface area contributed by atoms with Gasteiger partial charge in [0.25, 0.3) is 0 Å². The first-order valence-electron chi connectivity index (χ1n) is 7.67. The van der Waals surface area contributed by atoms with Gasteiger partial charge in [0.2, 0.25) is 0 Å². The molecule has 2 N–H and O–H groups in total. The van der Waals surface area contributed by atoms with Crippen LogP contribution in [0, 0.1) is 6.92 Å². The summed E-state index contributed by atoms with van der Waals surface area (Å²) in [6, 6.07) is 12.4. The van der Waals surface area contributed by atoms with Crippen LogP contribution >= 0.6 is 0 Å². The number of anilines is 1. The number of benzene rings is 2. The lowest BCUT2D eigenvalue weighted by Gasteiger charge is -2.13. The highest BCUT2D eigenvalue weighted by molar-refractivity contribution is 5.84. The molecule has 0 radical (unpaired) electrons. The Kier molecular flexibility index (Phi) is 4.98. The van der Waals surface area contributed by atoms with Gasteiger partial charge in [-0.05, 0) is 36.8 Å². The first kappa shape index (κ1) is 16.3. The SMILES string of the molecule is Cc1ccc(NC(=O)OCc2ccc(C3OCCO3)c(O)c2)cc1. The molecule has 0 spiro atoms. The molecule has 24 heavy (non-hydrogen) atoms. The number of aromatic hydroxyl groups is 1.